The minimum atomic E-state index is 0.207. The highest BCUT2D eigenvalue weighted by molar-refractivity contribution is 6.03. The van der Waals surface area contributed by atoms with E-state index in [1.165, 1.54) is 0 Å². The standard InChI is InChI=1S/C13H12N2O/c16-12-7-3-9-15(12)11-6-1-4-10-5-2-8-14-13(10)11/h1-2,4-6,8H,3,7,9H2. The average molecular weight is 212 g/mol. The summed E-state index contributed by atoms with van der Waals surface area (Å²) in [5.74, 6) is 0.207. The number of aromatic nitrogens is 1. The molecule has 1 aliphatic heterocycles. The van der Waals surface area contributed by atoms with Gasteiger partial charge in [-0.15, -0.1) is 0 Å². The third kappa shape index (κ3) is 1.36. The molecule has 1 aromatic carbocycles. The number of carbonyl (C=O) groups excluding carboxylic acids is 1. The van der Waals surface area contributed by atoms with Crippen LogP contribution in [0.5, 0.6) is 0 Å². The van der Waals surface area contributed by atoms with Crippen LogP contribution in [0.25, 0.3) is 10.9 Å². The minimum Gasteiger partial charge on any atom is -0.310 e. The zero-order valence-corrected chi connectivity index (χ0v) is 8.89. The zero-order chi connectivity index (χ0) is 11.0. The van der Waals surface area contributed by atoms with Crippen LogP contribution >= 0.6 is 0 Å². The van der Waals surface area contributed by atoms with Crippen LogP contribution in [-0.2, 0) is 4.79 Å². The molecule has 1 aliphatic rings. The topological polar surface area (TPSA) is 33.2 Å². The second kappa shape index (κ2) is 3.59. The molecule has 2 aromatic rings. The summed E-state index contributed by atoms with van der Waals surface area (Å²) < 4.78 is 0. The lowest BCUT2D eigenvalue weighted by Gasteiger charge is -2.17. The molecule has 3 heteroatoms. The molecule has 0 saturated carbocycles. The first-order valence-electron chi connectivity index (χ1n) is 5.50. The molecule has 80 valence electrons. The van der Waals surface area contributed by atoms with Crippen molar-refractivity contribution in [1.82, 2.24) is 4.98 Å². The minimum absolute atomic E-state index is 0.207. The maximum absolute atomic E-state index is 11.7. The molecule has 0 spiro atoms. The quantitative estimate of drug-likeness (QED) is 0.727. The summed E-state index contributed by atoms with van der Waals surface area (Å²) in [4.78, 5) is 17.9. The SMILES string of the molecule is O=C1CCCN1c1cccc2cccnc12. The molecule has 1 amide bonds. The van der Waals surface area contributed by atoms with Gasteiger partial charge >= 0.3 is 0 Å². The molecule has 0 atom stereocenters. The molecule has 3 rings (SSSR count). The van der Waals surface area contributed by atoms with E-state index in [0.717, 1.165) is 29.6 Å². The fourth-order valence-corrected chi connectivity index (χ4v) is 2.21. The molecule has 3 nitrogen and oxygen atoms in total. The number of anilines is 1. The lowest BCUT2D eigenvalue weighted by Crippen LogP contribution is -2.23. The average Bonchev–Trinajstić information content (AvgIpc) is 2.75. The maximum atomic E-state index is 11.7. The van der Waals surface area contributed by atoms with Crippen LogP contribution in [0.2, 0.25) is 0 Å². The Balaban J connectivity index is 2.19. The van der Waals surface area contributed by atoms with Gasteiger partial charge in [0.15, 0.2) is 0 Å². The number of benzene rings is 1. The number of nitrogens with zero attached hydrogens (tertiary/aromatic N) is 2. The monoisotopic (exact) mass is 212 g/mol. The van der Waals surface area contributed by atoms with E-state index in [2.05, 4.69) is 4.98 Å². The van der Waals surface area contributed by atoms with Crippen LogP contribution in [0, 0.1) is 0 Å². The van der Waals surface area contributed by atoms with Crippen molar-refractivity contribution in [2.45, 2.75) is 12.8 Å². The number of carbonyl (C=O) groups is 1. The third-order valence-corrected chi connectivity index (χ3v) is 2.98. The summed E-state index contributed by atoms with van der Waals surface area (Å²) in [7, 11) is 0. The molecule has 0 N–H and O–H groups in total. The van der Waals surface area contributed by atoms with Crippen LogP contribution in [-0.4, -0.2) is 17.4 Å². The zero-order valence-electron chi connectivity index (χ0n) is 8.89. The Kier molecular flexibility index (Phi) is 2.10. The molecule has 2 heterocycles. The number of para-hydroxylation sites is 1. The highest BCUT2D eigenvalue weighted by atomic mass is 16.2. The second-order valence-electron chi connectivity index (χ2n) is 4.00. The molecule has 16 heavy (non-hydrogen) atoms. The van der Waals surface area contributed by atoms with E-state index in [0.29, 0.717) is 6.42 Å². The molecule has 0 unspecified atom stereocenters. The fourth-order valence-electron chi connectivity index (χ4n) is 2.21. The van der Waals surface area contributed by atoms with Gasteiger partial charge in [0.25, 0.3) is 0 Å². The van der Waals surface area contributed by atoms with Gasteiger partial charge in [0.1, 0.15) is 0 Å². The van der Waals surface area contributed by atoms with Gasteiger partial charge in [0, 0.05) is 24.5 Å². The second-order valence-corrected chi connectivity index (χ2v) is 4.00. The number of amides is 1. The van der Waals surface area contributed by atoms with E-state index in [-0.39, 0.29) is 5.91 Å². The van der Waals surface area contributed by atoms with E-state index in [9.17, 15) is 4.79 Å². The third-order valence-electron chi connectivity index (χ3n) is 2.98. The van der Waals surface area contributed by atoms with Crippen molar-refractivity contribution in [3.63, 3.8) is 0 Å². The van der Waals surface area contributed by atoms with Crippen molar-refractivity contribution >= 4 is 22.5 Å². The number of hydrogen-bond donors (Lipinski definition) is 0. The van der Waals surface area contributed by atoms with E-state index >= 15 is 0 Å². The van der Waals surface area contributed by atoms with Crippen LogP contribution in [0.4, 0.5) is 5.69 Å². The summed E-state index contributed by atoms with van der Waals surface area (Å²) in [5.41, 5.74) is 1.86. The number of hydrogen-bond acceptors (Lipinski definition) is 2. The summed E-state index contributed by atoms with van der Waals surface area (Å²) >= 11 is 0. The Hall–Kier alpha value is -1.90. The van der Waals surface area contributed by atoms with Gasteiger partial charge in [0.05, 0.1) is 11.2 Å². The molecular formula is C13H12N2O. The molecule has 1 fully saturated rings. The van der Waals surface area contributed by atoms with Gasteiger partial charge in [-0.05, 0) is 18.6 Å². The van der Waals surface area contributed by atoms with E-state index in [4.69, 9.17) is 0 Å². The Morgan fingerprint density at radius 1 is 1.19 bits per heavy atom. The van der Waals surface area contributed by atoms with Crippen molar-refractivity contribution in [2.75, 3.05) is 11.4 Å². The van der Waals surface area contributed by atoms with Gasteiger partial charge in [-0.2, -0.15) is 0 Å². The van der Waals surface area contributed by atoms with Gasteiger partial charge in [0.2, 0.25) is 5.91 Å². The highest BCUT2D eigenvalue weighted by Gasteiger charge is 2.23. The first-order valence-corrected chi connectivity index (χ1v) is 5.50. The molecule has 0 aliphatic carbocycles. The van der Waals surface area contributed by atoms with E-state index in [1.807, 2.05) is 35.2 Å². The number of rotatable bonds is 1. The van der Waals surface area contributed by atoms with Crippen molar-refractivity contribution in [1.29, 1.82) is 0 Å². The lowest BCUT2D eigenvalue weighted by atomic mass is 10.2. The first-order chi connectivity index (χ1) is 7.86. The van der Waals surface area contributed by atoms with Crippen molar-refractivity contribution < 1.29 is 4.79 Å². The molecular weight excluding hydrogens is 200 g/mol. The van der Waals surface area contributed by atoms with Crippen LogP contribution in [0.3, 0.4) is 0 Å². The molecule has 0 bridgehead atoms. The van der Waals surface area contributed by atoms with Gasteiger partial charge in [-0.3, -0.25) is 9.78 Å². The van der Waals surface area contributed by atoms with Crippen molar-refractivity contribution in [3.8, 4) is 0 Å². The summed E-state index contributed by atoms with van der Waals surface area (Å²) in [6.07, 6.45) is 3.37. The number of pyridine rings is 1. The van der Waals surface area contributed by atoms with E-state index < -0.39 is 0 Å². The highest BCUT2D eigenvalue weighted by Crippen LogP contribution is 2.27. The summed E-state index contributed by atoms with van der Waals surface area (Å²) in [6, 6.07) is 9.90. The van der Waals surface area contributed by atoms with E-state index in [1.54, 1.807) is 6.20 Å². The Morgan fingerprint density at radius 3 is 2.88 bits per heavy atom. The van der Waals surface area contributed by atoms with Crippen LogP contribution < -0.4 is 4.90 Å². The van der Waals surface area contributed by atoms with Gasteiger partial charge in [-0.25, -0.2) is 0 Å². The van der Waals surface area contributed by atoms with Crippen LogP contribution in [0.1, 0.15) is 12.8 Å². The Bertz CT molecular complexity index is 545. The number of fused-ring (bicyclic) bond motifs is 1. The van der Waals surface area contributed by atoms with Crippen LogP contribution in [0.15, 0.2) is 36.5 Å². The largest absolute Gasteiger partial charge is 0.310 e. The summed E-state index contributed by atoms with van der Waals surface area (Å²) in [5, 5.41) is 1.08. The fraction of sp³-hybridized carbons (Fsp3) is 0.231. The van der Waals surface area contributed by atoms with Gasteiger partial charge < -0.3 is 4.90 Å². The lowest BCUT2D eigenvalue weighted by molar-refractivity contribution is -0.117. The van der Waals surface area contributed by atoms with Crippen molar-refractivity contribution in [3.05, 3.63) is 36.5 Å². The Labute approximate surface area is 93.7 Å². The predicted octanol–water partition coefficient (Wildman–Crippen LogP) is 2.36. The molecule has 1 aromatic heterocycles. The molecule has 0 radical (unpaired) electrons. The Morgan fingerprint density at radius 2 is 2.06 bits per heavy atom. The predicted molar refractivity (Wildman–Crippen MR) is 63.3 cm³/mol. The normalized spacial score (nSPS) is 16.0. The van der Waals surface area contributed by atoms with Crippen molar-refractivity contribution in [2.24, 2.45) is 0 Å². The summed E-state index contributed by atoms with van der Waals surface area (Å²) in [6.45, 7) is 0.814. The maximum Gasteiger partial charge on any atom is 0.227 e. The molecule has 1 saturated heterocycles. The smallest absolute Gasteiger partial charge is 0.227 e. The first kappa shape index (κ1) is 9.33. The van der Waals surface area contributed by atoms with Gasteiger partial charge in [-0.1, -0.05) is 18.2 Å².